The number of fused-ring (bicyclic) bond motifs is 4. The number of nitrogens with zero attached hydrogens (tertiary/aromatic N) is 3. The van der Waals surface area contributed by atoms with Crippen molar-refractivity contribution in [3.05, 3.63) is 152 Å². The average molecular weight is 524 g/mol. The van der Waals surface area contributed by atoms with Crippen molar-refractivity contribution in [3.8, 4) is 39.5 Å². The Balaban J connectivity index is 1.52. The third-order valence-electron chi connectivity index (χ3n) is 7.80. The topological polar surface area (TPSA) is 30.7 Å². The standard InChI is InChI=1S/C38H25N3/c1-4-14-26(15-5-1)29-24-32(27-16-6-2-7-17-27)37-33(25-29)30-20-11-13-23-35(30)41(37)38-39-34-22-12-10-21-31(34)36(40-38)28-18-8-3-9-19-28/h1-25H. The predicted molar refractivity (Wildman–Crippen MR) is 170 cm³/mol. The Morgan fingerprint density at radius 2 is 1.00 bits per heavy atom. The number of hydrogen-bond acceptors (Lipinski definition) is 2. The minimum Gasteiger partial charge on any atom is -0.277 e. The number of hydrogen-bond donors (Lipinski definition) is 0. The van der Waals surface area contributed by atoms with Gasteiger partial charge in [0.15, 0.2) is 0 Å². The molecule has 0 spiro atoms. The van der Waals surface area contributed by atoms with E-state index in [1.165, 1.54) is 21.9 Å². The molecule has 2 heterocycles. The van der Waals surface area contributed by atoms with Crippen molar-refractivity contribution >= 4 is 32.7 Å². The lowest BCUT2D eigenvalue weighted by atomic mass is 9.95. The van der Waals surface area contributed by atoms with E-state index < -0.39 is 0 Å². The van der Waals surface area contributed by atoms with E-state index in [-0.39, 0.29) is 0 Å². The van der Waals surface area contributed by atoms with Crippen LogP contribution in [0.15, 0.2) is 152 Å². The van der Waals surface area contributed by atoms with Crippen LogP contribution in [0.3, 0.4) is 0 Å². The predicted octanol–water partition coefficient (Wildman–Crippen LogP) is 9.73. The van der Waals surface area contributed by atoms with Crippen LogP contribution in [0.4, 0.5) is 0 Å². The van der Waals surface area contributed by atoms with E-state index in [0.29, 0.717) is 5.95 Å². The van der Waals surface area contributed by atoms with Gasteiger partial charge in [-0.3, -0.25) is 4.57 Å². The van der Waals surface area contributed by atoms with Gasteiger partial charge in [-0.1, -0.05) is 127 Å². The average Bonchev–Trinajstić information content (AvgIpc) is 3.39. The van der Waals surface area contributed by atoms with Gasteiger partial charge in [-0.05, 0) is 41.0 Å². The fourth-order valence-electron chi connectivity index (χ4n) is 5.92. The number of para-hydroxylation sites is 2. The quantitative estimate of drug-likeness (QED) is 0.230. The van der Waals surface area contributed by atoms with Gasteiger partial charge >= 0.3 is 0 Å². The molecule has 0 radical (unpaired) electrons. The SMILES string of the molecule is c1ccc(-c2cc(-c3ccccc3)c3c(c2)c2ccccc2n3-c2nc(-c3ccccc3)c3ccccc3n2)cc1. The number of benzene rings is 6. The summed E-state index contributed by atoms with van der Waals surface area (Å²) in [4.78, 5) is 10.5. The van der Waals surface area contributed by atoms with Crippen LogP contribution in [0.5, 0.6) is 0 Å². The van der Waals surface area contributed by atoms with Gasteiger partial charge in [0.25, 0.3) is 0 Å². The van der Waals surface area contributed by atoms with Crippen molar-refractivity contribution in [2.24, 2.45) is 0 Å². The Morgan fingerprint density at radius 3 is 1.73 bits per heavy atom. The lowest BCUT2D eigenvalue weighted by Gasteiger charge is -2.14. The molecule has 3 heteroatoms. The zero-order valence-corrected chi connectivity index (χ0v) is 22.3. The van der Waals surface area contributed by atoms with E-state index in [1.54, 1.807) is 0 Å². The minimum absolute atomic E-state index is 0.665. The first-order valence-corrected chi connectivity index (χ1v) is 13.9. The van der Waals surface area contributed by atoms with Crippen LogP contribution in [0, 0.1) is 0 Å². The fourth-order valence-corrected chi connectivity index (χ4v) is 5.92. The second kappa shape index (κ2) is 9.58. The normalized spacial score (nSPS) is 11.4. The number of aromatic nitrogens is 3. The second-order valence-electron chi connectivity index (χ2n) is 10.3. The highest BCUT2D eigenvalue weighted by atomic mass is 15.2. The lowest BCUT2D eigenvalue weighted by Crippen LogP contribution is -2.04. The van der Waals surface area contributed by atoms with E-state index in [9.17, 15) is 0 Å². The van der Waals surface area contributed by atoms with Crippen LogP contribution in [-0.4, -0.2) is 14.5 Å². The molecule has 0 saturated carbocycles. The van der Waals surface area contributed by atoms with Crippen molar-refractivity contribution in [3.63, 3.8) is 0 Å². The third-order valence-corrected chi connectivity index (χ3v) is 7.80. The first-order chi connectivity index (χ1) is 20.3. The molecule has 0 atom stereocenters. The van der Waals surface area contributed by atoms with Gasteiger partial charge in [0.1, 0.15) is 0 Å². The highest BCUT2D eigenvalue weighted by molar-refractivity contribution is 6.15. The molecule has 0 unspecified atom stereocenters. The Labute approximate surface area is 238 Å². The maximum absolute atomic E-state index is 5.28. The molecule has 0 bridgehead atoms. The van der Waals surface area contributed by atoms with Crippen LogP contribution in [0.1, 0.15) is 0 Å². The van der Waals surface area contributed by atoms with Gasteiger partial charge in [-0.2, -0.15) is 0 Å². The van der Waals surface area contributed by atoms with Crippen LogP contribution in [-0.2, 0) is 0 Å². The maximum Gasteiger partial charge on any atom is 0.235 e. The molecule has 0 aliphatic heterocycles. The summed E-state index contributed by atoms with van der Waals surface area (Å²) < 4.78 is 2.25. The largest absolute Gasteiger partial charge is 0.277 e. The molecule has 0 saturated heterocycles. The summed E-state index contributed by atoms with van der Waals surface area (Å²) in [5, 5.41) is 3.40. The summed E-state index contributed by atoms with van der Waals surface area (Å²) in [7, 11) is 0. The summed E-state index contributed by atoms with van der Waals surface area (Å²) in [5.74, 6) is 0.665. The monoisotopic (exact) mass is 523 g/mol. The maximum atomic E-state index is 5.28. The molecule has 0 fully saturated rings. The highest BCUT2D eigenvalue weighted by Gasteiger charge is 2.21. The summed E-state index contributed by atoms with van der Waals surface area (Å²) >= 11 is 0. The summed E-state index contributed by atoms with van der Waals surface area (Å²) in [5.41, 5.74) is 9.79. The van der Waals surface area contributed by atoms with Crippen molar-refractivity contribution < 1.29 is 0 Å². The van der Waals surface area contributed by atoms with E-state index in [2.05, 4.69) is 144 Å². The van der Waals surface area contributed by atoms with Crippen LogP contribution >= 0.6 is 0 Å². The Hall–Kier alpha value is -5.54. The molecule has 192 valence electrons. The zero-order chi connectivity index (χ0) is 27.2. The van der Waals surface area contributed by atoms with Crippen molar-refractivity contribution in [2.75, 3.05) is 0 Å². The van der Waals surface area contributed by atoms with Crippen molar-refractivity contribution in [1.82, 2.24) is 14.5 Å². The molecular weight excluding hydrogens is 498 g/mol. The van der Waals surface area contributed by atoms with E-state index >= 15 is 0 Å². The van der Waals surface area contributed by atoms with Gasteiger partial charge in [0, 0.05) is 27.3 Å². The summed E-state index contributed by atoms with van der Waals surface area (Å²) in [6.07, 6.45) is 0. The van der Waals surface area contributed by atoms with Gasteiger partial charge in [0.05, 0.1) is 22.2 Å². The molecule has 8 aromatic rings. The molecule has 41 heavy (non-hydrogen) atoms. The molecule has 3 nitrogen and oxygen atoms in total. The molecule has 0 aliphatic carbocycles. The van der Waals surface area contributed by atoms with Crippen molar-refractivity contribution in [1.29, 1.82) is 0 Å². The van der Waals surface area contributed by atoms with Crippen LogP contribution in [0.25, 0.3) is 72.2 Å². The fraction of sp³-hybridized carbons (Fsp3) is 0. The van der Waals surface area contributed by atoms with Crippen molar-refractivity contribution in [2.45, 2.75) is 0 Å². The molecule has 0 aliphatic rings. The Kier molecular flexibility index (Phi) is 5.46. The summed E-state index contributed by atoms with van der Waals surface area (Å²) in [6, 6.07) is 53.1. The number of rotatable bonds is 4. The first-order valence-electron chi connectivity index (χ1n) is 13.9. The second-order valence-corrected chi connectivity index (χ2v) is 10.3. The first kappa shape index (κ1) is 23.4. The van der Waals surface area contributed by atoms with Crippen LogP contribution in [0.2, 0.25) is 0 Å². The van der Waals surface area contributed by atoms with Gasteiger partial charge in [-0.15, -0.1) is 0 Å². The Bertz CT molecular complexity index is 2180. The molecule has 6 aromatic carbocycles. The smallest absolute Gasteiger partial charge is 0.235 e. The highest BCUT2D eigenvalue weighted by Crippen LogP contribution is 2.41. The lowest BCUT2D eigenvalue weighted by molar-refractivity contribution is 1.01. The van der Waals surface area contributed by atoms with Gasteiger partial charge in [0.2, 0.25) is 5.95 Å². The van der Waals surface area contributed by atoms with E-state index in [1.807, 2.05) is 12.1 Å². The molecular formula is C38H25N3. The van der Waals surface area contributed by atoms with E-state index in [4.69, 9.17) is 9.97 Å². The van der Waals surface area contributed by atoms with Gasteiger partial charge < -0.3 is 0 Å². The molecule has 0 N–H and O–H groups in total. The van der Waals surface area contributed by atoms with Crippen LogP contribution < -0.4 is 0 Å². The summed E-state index contributed by atoms with van der Waals surface area (Å²) in [6.45, 7) is 0. The zero-order valence-electron chi connectivity index (χ0n) is 22.3. The molecule has 0 amide bonds. The third kappa shape index (κ3) is 3.90. The van der Waals surface area contributed by atoms with Gasteiger partial charge in [-0.25, -0.2) is 9.97 Å². The molecule has 2 aromatic heterocycles. The Morgan fingerprint density at radius 1 is 0.415 bits per heavy atom. The minimum atomic E-state index is 0.665. The molecule has 8 rings (SSSR count). The van der Waals surface area contributed by atoms with E-state index in [0.717, 1.165) is 44.3 Å².